The van der Waals surface area contributed by atoms with Crippen LogP contribution in [0.1, 0.15) is 47.2 Å². The fraction of sp³-hybridized carbons (Fsp3) is 0.750. The predicted molar refractivity (Wildman–Crippen MR) is 102 cm³/mol. The number of amides is 1. The van der Waals surface area contributed by atoms with Crippen LogP contribution in [0.15, 0.2) is 0 Å². The van der Waals surface area contributed by atoms with E-state index in [9.17, 15) is 4.79 Å². The number of rotatable bonds is 2. The Bertz CT molecular complexity index is 542. The van der Waals surface area contributed by atoms with Crippen molar-refractivity contribution in [2.24, 2.45) is 5.73 Å². The van der Waals surface area contributed by atoms with E-state index in [4.69, 9.17) is 10.5 Å². The number of hydrogen-bond acceptors (Lipinski definition) is 5. The summed E-state index contributed by atoms with van der Waals surface area (Å²) in [5.41, 5.74) is 6.75. The molecular formula is C16H27Cl2N3O2S. The smallest absolute Gasteiger partial charge is 0.242 e. The second-order valence-corrected chi connectivity index (χ2v) is 7.79. The van der Waals surface area contributed by atoms with Crippen LogP contribution in [0.5, 0.6) is 0 Å². The van der Waals surface area contributed by atoms with Gasteiger partial charge in [0.2, 0.25) is 5.91 Å². The highest BCUT2D eigenvalue weighted by atomic mass is 35.5. The Morgan fingerprint density at radius 2 is 2.00 bits per heavy atom. The van der Waals surface area contributed by atoms with E-state index in [1.807, 2.05) is 4.90 Å². The Balaban J connectivity index is 0.00000144. The molecule has 2 N–H and O–H groups in total. The lowest BCUT2D eigenvalue weighted by atomic mass is 9.88. The maximum atomic E-state index is 12.9. The van der Waals surface area contributed by atoms with E-state index in [2.05, 4.69) is 18.8 Å². The van der Waals surface area contributed by atoms with Crippen LogP contribution in [0.4, 0.5) is 0 Å². The highest BCUT2D eigenvalue weighted by molar-refractivity contribution is 7.11. The average molecular weight is 396 g/mol. The van der Waals surface area contributed by atoms with Gasteiger partial charge < -0.3 is 15.4 Å². The van der Waals surface area contributed by atoms with Gasteiger partial charge in [-0.3, -0.25) is 4.79 Å². The third kappa shape index (κ3) is 4.41. The molecule has 1 unspecified atom stereocenters. The molecule has 0 bridgehead atoms. The zero-order valence-corrected chi connectivity index (χ0v) is 16.7. The average Bonchev–Trinajstić information content (AvgIpc) is 2.87. The third-order valence-corrected chi connectivity index (χ3v) is 6.15. The Morgan fingerprint density at radius 1 is 1.33 bits per heavy atom. The molecule has 0 aliphatic carbocycles. The first kappa shape index (κ1) is 21.6. The van der Waals surface area contributed by atoms with Gasteiger partial charge >= 0.3 is 0 Å². The topological polar surface area (TPSA) is 68.5 Å². The summed E-state index contributed by atoms with van der Waals surface area (Å²) in [5.74, 6) is 0.462. The highest BCUT2D eigenvalue weighted by Gasteiger charge is 2.40. The van der Waals surface area contributed by atoms with E-state index in [0.29, 0.717) is 32.0 Å². The molecule has 24 heavy (non-hydrogen) atoms. The van der Waals surface area contributed by atoms with Crippen molar-refractivity contribution in [3.05, 3.63) is 15.6 Å². The van der Waals surface area contributed by atoms with Crippen LogP contribution < -0.4 is 5.73 Å². The number of piperidine rings is 1. The standard InChI is InChI=1S/C16H25N3O2S.2ClH/c1-11-12(2)22-14(18-11)13-4-3-7-19(10-13)15(20)16(17)5-8-21-9-6-16;;/h13H,3-10,17H2,1-2H3;2*1H. The molecule has 8 heteroatoms. The Hall–Kier alpha value is -0.400. The van der Waals surface area contributed by atoms with Gasteiger partial charge in [0.25, 0.3) is 0 Å². The SMILES string of the molecule is Cc1nc(C2CCCN(C(=O)C3(N)CCOCC3)C2)sc1C.Cl.Cl. The Kier molecular flexibility index (Phi) is 7.94. The van der Waals surface area contributed by atoms with Gasteiger partial charge in [0.05, 0.1) is 16.2 Å². The van der Waals surface area contributed by atoms with Gasteiger partial charge in [-0.25, -0.2) is 4.98 Å². The van der Waals surface area contributed by atoms with Gasteiger partial charge in [-0.2, -0.15) is 0 Å². The zero-order valence-electron chi connectivity index (χ0n) is 14.2. The minimum atomic E-state index is -0.727. The summed E-state index contributed by atoms with van der Waals surface area (Å²) in [6.07, 6.45) is 3.39. The number of halogens is 2. The summed E-state index contributed by atoms with van der Waals surface area (Å²) >= 11 is 1.77. The molecule has 3 heterocycles. The van der Waals surface area contributed by atoms with E-state index in [-0.39, 0.29) is 30.7 Å². The van der Waals surface area contributed by atoms with E-state index in [1.165, 1.54) is 9.88 Å². The van der Waals surface area contributed by atoms with E-state index in [1.54, 1.807) is 11.3 Å². The number of aromatic nitrogens is 1. The van der Waals surface area contributed by atoms with Crippen LogP contribution in [-0.4, -0.2) is 47.6 Å². The van der Waals surface area contributed by atoms with Gasteiger partial charge in [0, 0.05) is 37.1 Å². The summed E-state index contributed by atoms with van der Waals surface area (Å²) in [6.45, 7) is 6.91. The summed E-state index contributed by atoms with van der Waals surface area (Å²) < 4.78 is 5.35. The normalized spacial score (nSPS) is 23.1. The molecule has 3 rings (SSSR count). The number of likely N-dealkylation sites (tertiary alicyclic amines) is 1. The van der Waals surface area contributed by atoms with Crippen LogP contribution in [0, 0.1) is 13.8 Å². The van der Waals surface area contributed by atoms with Crippen molar-refractivity contribution in [2.75, 3.05) is 26.3 Å². The molecule has 0 aromatic carbocycles. The quantitative estimate of drug-likeness (QED) is 0.835. The van der Waals surface area contributed by atoms with Crippen LogP contribution in [-0.2, 0) is 9.53 Å². The number of nitrogens with zero attached hydrogens (tertiary/aromatic N) is 2. The third-order valence-electron chi connectivity index (χ3n) is 4.91. The monoisotopic (exact) mass is 395 g/mol. The molecule has 1 amide bonds. The van der Waals surface area contributed by atoms with Gasteiger partial charge in [0.1, 0.15) is 0 Å². The summed E-state index contributed by atoms with van der Waals surface area (Å²) in [7, 11) is 0. The molecule has 0 saturated carbocycles. The van der Waals surface area contributed by atoms with Crippen LogP contribution in [0.2, 0.25) is 0 Å². The van der Waals surface area contributed by atoms with Crippen molar-refractivity contribution < 1.29 is 9.53 Å². The second kappa shape index (κ2) is 8.81. The van der Waals surface area contributed by atoms with Crippen molar-refractivity contribution in [3.63, 3.8) is 0 Å². The number of thiazole rings is 1. The first-order chi connectivity index (χ1) is 10.5. The van der Waals surface area contributed by atoms with Crippen molar-refractivity contribution >= 4 is 42.1 Å². The number of carbonyl (C=O) groups is 1. The van der Waals surface area contributed by atoms with Gasteiger partial charge in [-0.1, -0.05) is 0 Å². The minimum Gasteiger partial charge on any atom is -0.381 e. The molecule has 138 valence electrons. The molecule has 5 nitrogen and oxygen atoms in total. The van der Waals surface area contributed by atoms with Crippen molar-refractivity contribution in [3.8, 4) is 0 Å². The molecule has 1 aromatic heterocycles. The lowest BCUT2D eigenvalue weighted by molar-refractivity contribution is -0.141. The number of nitrogens with two attached hydrogens (primary N) is 1. The molecule has 2 aliphatic heterocycles. The van der Waals surface area contributed by atoms with E-state index >= 15 is 0 Å². The summed E-state index contributed by atoms with van der Waals surface area (Å²) in [6, 6.07) is 0. The summed E-state index contributed by atoms with van der Waals surface area (Å²) in [4.78, 5) is 20.8. The van der Waals surface area contributed by atoms with E-state index < -0.39 is 5.54 Å². The van der Waals surface area contributed by atoms with Gasteiger partial charge in [0.15, 0.2) is 0 Å². The lowest BCUT2D eigenvalue weighted by Crippen LogP contribution is -2.59. The fourth-order valence-electron chi connectivity index (χ4n) is 3.30. The lowest BCUT2D eigenvalue weighted by Gasteiger charge is -2.40. The van der Waals surface area contributed by atoms with Crippen LogP contribution in [0.3, 0.4) is 0 Å². The van der Waals surface area contributed by atoms with Crippen molar-refractivity contribution in [1.29, 1.82) is 0 Å². The van der Waals surface area contributed by atoms with Crippen LogP contribution in [0.25, 0.3) is 0 Å². The minimum absolute atomic E-state index is 0. The molecule has 1 aromatic rings. The van der Waals surface area contributed by atoms with Crippen molar-refractivity contribution in [2.45, 2.75) is 51.0 Å². The fourth-order valence-corrected chi connectivity index (χ4v) is 4.35. The molecule has 2 fully saturated rings. The van der Waals surface area contributed by atoms with Crippen LogP contribution >= 0.6 is 36.2 Å². The van der Waals surface area contributed by atoms with Gasteiger partial charge in [-0.05, 0) is 39.5 Å². The Morgan fingerprint density at radius 3 is 2.58 bits per heavy atom. The molecule has 2 saturated heterocycles. The number of ether oxygens (including phenoxy) is 1. The first-order valence-electron chi connectivity index (χ1n) is 8.09. The van der Waals surface area contributed by atoms with Gasteiger partial charge in [-0.15, -0.1) is 36.2 Å². The predicted octanol–water partition coefficient (Wildman–Crippen LogP) is 2.82. The number of hydrogen-bond donors (Lipinski definition) is 1. The maximum absolute atomic E-state index is 12.9. The molecule has 0 spiro atoms. The molecule has 2 aliphatic rings. The summed E-state index contributed by atoms with van der Waals surface area (Å²) in [5, 5.41) is 1.17. The zero-order chi connectivity index (χ0) is 15.7. The maximum Gasteiger partial charge on any atom is 0.242 e. The number of carbonyl (C=O) groups excluding carboxylic acids is 1. The molecular weight excluding hydrogens is 369 g/mol. The van der Waals surface area contributed by atoms with Crippen molar-refractivity contribution in [1.82, 2.24) is 9.88 Å². The molecule has 1 atom stereocenters. The Labute approximate surface area is 160 Å². The second-order valence-electron chi connectivity index (χ2n) is 6.55. The van der Waals surface area contributed by atoms with E-state index in [0.717, 1.165) is 31.6 Å². The first-order valence-corrected chi connectivity index (χ1v) is 8.91. The highest BCUT2D eigenvalue weighted by Crippen LogP contribution is 2.32. The number of aryl methyl sites for hydroxylation is 2. The largest absolute Gasteiger partial charge is 0.381 e. The molecule has 0 radical (unpaired) electrons.